The Bertz CT molecular complexity index is 91.9. The van der Waals surface area contributed by atoms with Crippen LogP contribution >= 0.6 is 0 Å². The Morgan fingerprint density at radius 3 is 2.55 bits per heavy atom. The third kappa shape index (κ3) is 5.11. The molecule has 0 radical (unpaired) electrons. The third-order valence-corrected chi connectivity index (χ3v) is 1.26. The fourth-order valence-electron chi connectivity index (χ4n) is 0.533. The Labute approximate surface area is 65.9 Å². The topological polar surface area (TPSA) is 102 Å². The van der Waals surface area contributed by atoms with E-state index in [1.54, 1.807) is 0 Å². The highest BCUT2D eigenvalue weighted by Crippen LogP contribution is 1.89. The summed E-state index contributed by atoms with van der Waals surface area (Å²) in [6.45, 7) is 0.697. The van der Waals surface area contributed by atoms with Crippen molar-refractivity contribution in [2.24, 2.45) is 11.5 Å². The van der Waals surface area contributed by atoms with E-state index in [2.05, 4.69) is 0 Å². The molecular formula is C6H16N2O3. The first-order chi connectivity index (χ1) is 5.22. The van der Waals surface area contributed by atoms with E-state index in [-0.39, 0.29) is 13.2 Å². The summed E-state index contributed by atoms with van der Waals surface area (Å²) in [5.74, 6) is 0. The Morgan fingerprint density at radius 1 is 1.45 bits per heavy atom. The highest BCUT2D eigenvalue weighted by molar-refractivity contribution is 4.69. The average Bonchev–Trinajstić information content (AvgIpc) is 2.03. The van der Waals surface area contributed by atoms with Gasteiger partial charge in [0.05, 0.1) is 32.0 Å². The van der Waals surface area contributed by atoms with Crippen LogP contribution in [0.15, 0.2) is 0 Å². The molecule has 0 aliphatic rings. The van der Waals surface area contributed by atoms with Gasteiger partial charge in [-0.1, -0.05) is 0 Å². The summed E-state index contributed by atoms with van der Waals surface area (Å²) in [5.41, 5.74) is 10.4. The number of rotatable bonds is 6. The van der Waals surface area contributed by atoms with E-state index in [1.807, 2.05) is 0 Å². The zero-order valence-corrected chi connectivity index (χ0v) is 6.44. The number of aliphatic hydroxyl groups is 2. The SMILES string of the molecule is NCCOCC(O)C(N)CO. The maximum Gasteiger partial charge on any atom is 0.0946 e. The maximum absolute atomic E-state index is 9.09. The van der Waals surface area contributed by atoms with Crippen molar-refractivity contribution in [2.45, 2.75) is 12.1 Å². The molecule has 0 saturated carbocycles. The average molecular weight is 164 g/mol. The van der Waals surface area contributed by atoms with Crippen LogP contribution in [0.2, 0.25) is 0 Å². The first-order valence-electron chi connectivity index (χ1n) is 3.54. The Morgan fingerprint density at radius 2 is 2.09 bits per heavy atom. The second-order valence-electron chi connectivity index (χ2n) is 2.28. The van der Waals surface area contributed by atoms with Crippen LogP contribution in [0.5, 0.6) is 0 Å². The molecule has 2 atom stereocenters. The summed E-state index contributed by atoms with van der Waals surface area (Å²) in [7, 11) is 0. The van der Waals surface area contributed by atoms with Crippen molar-refractivity contribution in [3.63, 3.8) is 0 Å². The molecule has 0 aromatic carbocycles. The molecule has 5 heteroatoms. The van der Waals surface area contributed by atoms with Gasteiger partial charge in [0.15, 0.2) is 0 Å². The number of hydrogen-bond donors (Lipinski definition) is 4. The molecule has 0 spiro atoms. The highest BCUT2D eigenvalue weighted by Gasteiger charge is 2.12. The largest absolute Gasteiger partial charge is 0.395 e. The molecule has 0 aromatic rings. The van der Waals surface area contributed by atoms with Gasteiger partial charge in [-0.15, -0.1) is 0 Å². The first-order valence-corrected chi connectivity index (χ1v) is 3.54. The minimum absolute atomic E-state index is 0.124. The van der Waals surface area contributed by atoms with Gasteiger partial charge in [0, 0.05) is 6.54 Å². The molecule has 0 aliphatic heterocycles. The van der Waals surface area contributed by atoms with Gasteiger partial charge in [-0.25, -0.2) is 0 Å². The van der Waals surface area contributed by atoms with E-state index < -0.39 is 12.1 Å². The maximum atomic E-state index is 9.09. The van der Waals surface area contributed by atoms with Crippen molar-refractivity contribution < 1.29 is 14.9 Å². The number of ether oxygens (including phenoxy) is 1. The van der Waals surface area contributed by atoms with Crippen molar-refractivity contribution in [3.05, 3.63) is 0 Å². The molecule has 0 bridgehead atoms. The van der Waals surface area contributed by atoms with Gasteiger partial charge < -0.3 is 26.4 Å². The van der Waals surface area contributed by atoms with Crippen LogP contribution in [0.25, 0.3) is 0 Å². The molecule has 0 aliphatic carbocycles. The standard InChI is InChI=1S/C6H16N2O3/c7-1-2-11-4-6(10)5(8)3-9/h5-6,9-10H,1-4,7-8H2. The molecule has 0 rings (SSSR count). The molecule has 0 saturated heterocycles. The van der Waals surface area contributed by atoms with Crippen molar-refractivity contribution in [1.82, 2.24) is 0 Å². The van der Waals surface area contributed by atoms with Gasteiger partial charge in [-0.2, -0.15) is 0 Å². The minimum atomic E-state index is -0.813. The van der Waals surface area contributed by atoms with Crippen molar-refractivity contribution in [3.8, 4) is 0 Å². The van der Waals surface area contributed by atoms with Crippen LogP contribution in [0.3, 0.4) is 0 Å². The highest BCUT2D eigenvalue weighted by atomic mass is 16.5. The fraction of sp³-hybridized carbons (Fsp3) is 1.00. The zero-order valence-electron chi connectivity index (χ0n) is 6.44. The summed E-state index contributed by atoms with van der Waals surface area (Å²) in [4.78, 5) is 0. The number of aliphatic hydroxyl groups excluding tert-OH is 2. The molecule has 5 nitrogen and oxygen atoms in total. The molecule has 11 heavy (non-hydrogen) atoms. The second kappa shape index (κ2) is 6.51. The fourth-order valence-corrected chi connectivity index (χ4v) is 0.533. The molecular weight excluding hydrogens is 148 g/mol. The van der Waals surface area contributed by atoms with Gasteiger partial charge >= 0.3 is 0 Å². The van der Waals surface area contributed by atoms with E-state index in [0.29, 0.717) is 13.2 Å². The molecule has 0 heterocycles. The van der Waals surface area contributed by atoms with Gasteiger partial charge in [-0.05, 0) is 0 Å². The first kappa shape index (κ1) is 10.8. The van der Waals surface area contributed by atoms with Crippen LogP contribution < -0.4 is 11.5 Å². The molecule has 68 valence electrons. The summed E-state index contributed by atoms with van der Waals surface area (Å²) in [5, 5.41) is 17.6. The molecule has 2 unspecified atom stereocenters. The summed E-state index contributed by atoms with van der Waals surface area (Å²) in [6.07, 6.45) is -0.813. The van der Waals surface area contributed by atoms with E-state index in [0.717, 1.165) is 0 Å². The van der Waals surface area contributed by atoms with Crippen LogP contribution in [0.4, 0.5) is 0 Å². The van der Waals surface area contributed by atoms with E-state index in [4.69, 9.17) is 26.4 Å². The predicted molar refractivity (Wildman–Crippen MR) is 40.9 cm³/mol. The minimum Gasteiger partial charge on any atom is -0.395 e. The molecule has 0 aromatic heterocycles. The van der Waals surface area contributed by atoms with E-state index in [9.17, 15) is 0 Å². The van der Waals surface area contributed by atoms with Gasteiger partial charge in [0.25, 0.3) is 0 Å². The summed E-state index contributed by atoms with van der Waals surface area (Å²) in [6, 6.07) is -0.632. The second-order valence-corrected chi connectivity index (χ2v) is 2.28. The lowest BCUT2D eigenvalue weighted by Crippen LogP contribution is -2.41. The van der Waals surface area contributed by atoms with Crippen LogP contribution in [-0.2, 0) is 4.74 Å². The predicted octanol–water partition coefficient (Wildman–Crippen LogP) is -2.36. The third-order valence-electron chi connectivity index (χ3n) is 1.26. The van der Waals surface area contributed by atoms with E-state index in [1.165, 1.54) is 0 Å². The summed E-state index contributed by atoms with van der Waals surface area (Å²) >= 11 is 0. The number of nitrogens with two attached hydrogens (primary N) is 2. The van der Waals surface area contributed by atoms with Gasteiger partial charge in [0.2, 0.25) is 0 Å². The smallest absolute Gasteiger partial charge is 0.0946 e. The van der Waals surface area contributed by atoms with Crippen LogP contribution in [-0.4, -0.2) is 48.7 Å². The summed E-state index contributed by atoms with van der Waals surface area (Å²) < 4.78 is 4.90. The normalized spacial score (nSPS) is 16.4. The Kier molecular flexibility index (Phi) is 6.39. The van der Waals surface area contributed by atoms with Crippen LogP contribution in [0.1, 0.15) is 0 Å². The van der Waals surface area contributed by atoms with Crippen molar-refractivity contribution in [1.29, 1.82) is 0 Å². The van der Waals surface area contributed by atoms with Crippen molar-refractivity contribution >= 4 is 0 Å². The van der Waals surface area contributed by atoms with Crippen LogP contribution in [0, 0.1) is 0 Å². The van der Waals surface area contributed by atoms with Gasteiger partial charge in [0.1, 0.15) is 0 Å². The molecule has 6 N–H and O–H groups in total. The number of hydrogen-bond acceptors (Lipinski definition) is 5. The monoisotopic (exact) mass is 164 g/mol. The van der Waals surface area contributed by atoms with E-state index >= 15 is 0 Å². The van der Waals surface area contributed by atoms with Gasteiger partial charge in [-0.3, -0.25) is 0 Å². The van der Waals surface area contributed by atoms with Crippen molar-refractivity contribution in [2.75, 3.05) is 26.4 Å². The Balaban J connectivity index is 3.28. The quantitative estimate of drug-likeness (QED) is 0.329. The zero-order chi connectivity index (χ0) is 8.69. The lowest BCUT2D eigenvalue weighted by atomic mass is 10.2. The Hall–Kier alpha value is -0.200. The molecule has 0 amide bonds. The lowest BCUT2D eigenvalue weighted by Gasteiger charge is -2.15. The molecule has 0 fully saturated rings. The lowest BCUT2D eigenvalue weighted by molar-refractivity contribution is 0.0154.